The van der Waals surface area contributed by atoms with Crippen LogP contribution in [0.15, 0.2) is 66.7 Å². The minimum absolute atomic E-state index is 0.560. The normalized spacial score (nSPS) is 14.1. The third-order valence-corrected chi connectivity index (χ3v) is 5.22. The topological polar surface area (TPSA) is 63.9 Å². The highest BCUT2D eigenvalue weighted by Crippen LogP contribution is 2.26. The van der Waals surface area contributed by atoms with Crippen molar-refractivity contribution in [3.05, 3.63) is 66.7 Å². The number of fused-ring (bicyclic) bond motifs is 1. The van der Waals surface area contributed by atoms with Crippen molar-refractivity contribution in [1.29, 1.82) is 0 Å². The lowest BCUT2D eigenvalue weighted by Crippen LogP contribution is -2.36. The Morgan fingerprint density at radius 3 is 2.57 bits per heavy atom. The Labute approximate surface area is 174 Å². The Morgan fingerprint density at radius 1 is 0.967 bits per heavy atom. The van der Waals surface area contributed by atoms with Gasteiger partial charge in [-0.1, -0.05) is 18.2 Å². The number of pyridine rings is 1. The molecule has 0 aliphatic carbocycles. The van der Waals surface area contributed by atoms with Gasteiger partial charge in [0.25, 0.3) is 0 Å². The average Bonchev–Trinajstić information content (AvgIpc) is 3.22. The van der Waals surface area contributed by atoms with E-state index < -0.39 is 0 Å². The largest absolute Gasteiger partial charge is 0.497 e. The van der Waals surface area contributed by atoms with E-state index in [9.17, 15) is 0 Å². The van der Waals surface area contributed by atoms with E-state index in [4.69, 9.17) is 9.47 Å². The number of nitrogens with zero attached hydrogens (tertiary/aromatic N) is 4. The molecule has 0 amide bonds. The van der Waals surface area contributed by atoms with Gasteiger partial charge >= 0.3 is 0 Å². The van der Waals surface area contributed by atoms with E-state index in [0.717, 1.165) is 54.6 Å². The van der Waals surface area contributed by atoms with Crippen LogP contribution >= 0.6 is 0 Å². The fourth-order valence-electron chi connectivity index (χ4n) is 3.67. The summed E-state index contributed by atoms with van der Waals surface area (Å²) in [6, 6.07) is 22.2. The van der Waals surface area contributed by atoms with E-state index in [2.05, 4.69) is 44.6 Å². The number of methoxy groups -OCH3 is 1. The van der Waals surface area contributed by atoms with Gasteiger partial charge in [-0.3, -0.25) is 0 Å². The van der Waals surface area contributed by atoms with Crippen LogP contribution in [0.1, 0.15) is 0 Å². The number of nitrogens with one attached hydrogen (secondary N) is 1. The minimum Gasteiger partial charge on any atom is -0.497 e. The molecule has 1 N–H and O–H groups in total. The summed E-state index contributed by atoms with van der Waals surface area (Å²) in [6.07, 6.45) is 0. The number of hydrogen-bond acceptors (Lipinski definition) is 6. The molecule has 0 spiro atoms. The molecule has 5 rings (SSSR count). The molecule has 0 unspecified atom stereocenters. The summed E-state index contributed by atoms with van der Waals surface area (Å²) >= 11 is 0. The van der Waals surface area contributed by atoms with Crippen LogP contribution in [0.3, 0.4) is 0 Å². The molecule has 1 aliphatic rings. The molecule has 3 heterocycles. The van der Waals surface area contributed by atoms with E-state index in [1.165, 1.54) is 5.69 Å². The summed E-state index contributed by atoms with van der Waals surface area (Å²) in [6.45, 7) is 3.41. The van der Waals surface area contributed by atoms with Crippen molar-refractivity contribution in [2.24, 2.45) is 0 Å². The van der Waals surface area contributed by atoms with Crippen molar-refractivity contribution in [3.63, 3.8) is 0 Å². The zero-order chi connectivity index (χ0) is 20.3. The molecule has 30 heavy (non-hydrogen) atoms. The van der Waals surface area contributed by atoms with E-state index in [-0.39, 0.29) is 0 Å². The molecule has 1 fully saturated rings. The highest BCUT2D eigenvalue weighted by molar-refractivity contribution is 5.66. The van der Waals surface area contributed by atoms with E-state index in [1.54, 1.807) is 7.11 Å². The van der Waals surface area contributed by atoms with Gasteiger partial charge in [0.05, 0.1) is 26.0 Å². The first kappa shape index (κ1) is 18.4. The van der Waals surface area contributed by atoms with Crippen LogP contribution in [0.25, 0.3) is 16.9 Å². The number of aromatic nitrogens is 3. The van der Waals surface area contributed by atoms with Crippen molar-refractivity contribution >= 4 is 23.0 Å². The van der Waals surface area contributed by atoms with Gasteiger partial charge < -0.3 is 19.7 Å². The predicted octanol–water partition coefficient (Wildman–Crippen LogP) is 3.99. The van der Waals surface area contributed by atoms with Crippen LogP contribution in [0.2, 0.25) is 0 Å². The van der Waals surface area contributed by atoms with Crippen LogP contribution in [-0.2, 0) is 4.74 Å². The third kappa shape index (κ3) is 3.67. The smallest absolute Gasteiger partial charge is 0.247 e. The molecule has 4 aromatic rings. The van der Waals surface area contributed by atoms with Gasteiger partial charge in [-0.25, -0.2) is 4.52 Å². The van der Waals surface area contributed by atoms with Gasteiger partial charge in [-0.15, -0.1) is 5.10 Å². The Kier molecular flexibility index (Phi) is 4.94. The molecule has 2 aromatic heterocycles. The molecule has 1 saturated heterocycles. The summed E-state index contributed by atoms with van der Waals surface area (Å²) in [4.78, 5) is 6.96. The van der Waals surface area contributed by atoms with Gasteiger partial charge in [0.2, 0.25) is 5.95 Å². The van der Waals surface area contributed by atoms with Crippen LogP contribution < -0.4 is 15.0 Å². The summed E-state index contributed by atoms with van der Waals surface area (Å²) in [7, 11) is 1.67. The number of morpholine rings is 1. The molecule has 2 aromatic carbocycles. The Hall–Kier alpha value is -3.58. The average molecular weight is 401 g/mol. The first-order valence-corrected chi connectivity index (χ1v) is 10.0. The maximum Gasteiger partial charge on any atom is 0.247 e. The van der Waals surface area contributed by atoms with E-state index in [1.807, 2.05) is 47.0 Å². The summed E-state index contributed by atoms with van der Waals surface area (Å²) in [5, 5.41) is 7.99. The molecule has 7 nitrogen and oxygen atoms in total. The summed E-state index contributed by atoms with van der Waals surface area (Å²) in [5.74, 6) is 1.37. The van der Waals surface area contributed by atoms with Gasteiger partial charge in [-0.05, 0) is 48.5 Å². The number of ether oxygens (including phenoxy) is 2. The molecule has 0 bridgehead atoms. The Balaban J connectivity index is 1.40. The highest BCUT2D eigenvalue weighted by atomic mass is 16.5. The van der Waals surface area contributed by atoms with Gasteiger partial charge in [0.1, 0.15) is 5.75 Å². The quantitative estimate of drug-likeness (QED) is 0.546. The number of benzene rings is 2. The number of hydrogen-bond donors (Lipinski definition) is 1. The second kappa shape index (κ2) is 8.04. The molecule has 0 atom stereocenters. The highest BCUT2D eigenvalue weighted by Gasteiger charge is 2.12. The van der Waals surface area contributed by atoms with E-state index >= 15 is 0 Å². The third-order valence-electron chi connectivity index (χ3n) is 5.22. The van der Waals surface area contributed by atoms with E-state index in [0.29, 0.717) is 5.95 Å². The predicted molar refractivity (Wildman–Crippen MR) is 118 cm³/mol. The van der Waals surface area contributed by atoms with Crippen LogP contribution in [0, 0.1) is 0 Å². The van der Waals surface area contributed by atoms with Crippen molar-refractivity contribution in [2.75, 3.05) is 43.6 Å². The number of anilines is 3. The molecule has 1 aliphatic heterocycles. The lowest BCUT2D eigenvalue weighted by Gasteiger charge is -2.28. The maximum absolute atomic E-state index is 5.43. The Morgan fingerprint density at radius 2 is 1.77 bits per heavy atom. The fraction of sp³-hybridized carbons (Fsp3) is 0.217. The van der Waals surface area contributed by atoms with Crippen molar-refractivity contribution in [1.82, 2.24) is 14.6 Å². The van der Waals surface area contributed by atoms with Gasteiger partial charge in [0.15, 0.2) is 5.65 Å². The zero-order valence-corrected chi connectivity index (χ0v) is 16.8. The Bertz CT molecular complexity index is 1150. The SMILES string of the molecule is COc1cccc(-c2cccc3nc(Nc4ccc(N5CCOCC5)cc4)nn23)c1. The molecular weight excluding hydrogens is 378 g/mol. The van der Waals surface area contributed by atoms with Crippen LogP contribution in [0.4, 0.5) is 17.3 Å². The molecule has 0 radical (unpaired) electrons. The number of rotatable bonds is 5. The minimum atomic E-state index is 0.560. The van der Waals surface area contributed by atoms with Crippen molar-refractivity contribution < 1.29 is 9.47 Å². The van der Waals surface area contributed by atoms with Crippen LogP contribution in [-0.4, -0.2) is 48.0 Å². The summed E-state index contributed by atoms with van der Waals surface area (Å²) in [5.41, 5.74) is 4.90. The maximum atomic E-state index is 5.43. The zero-order valence-electron chi connectivity index (χ0n) is 16.8. The van der Waals surface area contributed by atoms with Crippen molar-refractivity contribution in [2.45, 2.75) is 0 Å². The second-order valence-electron chi connectivity index (χ2n) is 7.12. The van der Waals surface area contributed by atoms with Gasteiger partial charge in [0, 0.05) is 30.0 Å². The first-order chi connectivity index (χ1) is 14.8. The molecule has 7 heteroatoms. The molecule has 152 valence electrons. The monoisotopic (exact) mass is 401 g/mol. The molecular formula is C23H23N5O2. The standard InChI is InChI=1S/C23H23N5O2/c1-29-20-5-2-4-17(16-20)21-6-3-7-22-25-23(26-28(21)22)24-18-8-10-19(11-9-18)27-12-14-30-15-13-27/h2-11,16H,12-15H2,1H3,(H,24,26). The second-order valence-corrected chi connectivity index (χ2v) is 7.12. The van der Waals surface area contributed by atoms with Crippen molar-refractivity contribution in [3.8, 4) is 17.0 Å². The van der Waals surface area contributed by atoms with Gasteiger partial charge in [-0.2, -0.15) is 4.98 Å². The first-order valence-electron chi connectivity index (χ1n) is 10.0. The molecule has 0 saturated carbocycles. The lowest BCUT2D eigenvalue weighted by atomic mass is 10.1. The van der Waals surface area contributed by atoms with Crippen LogP contribution in [0.5, 0.6) is 5.75 Å². The fourth-order valence-corrected chi connectivity index (χ4v) is 3.67. The lowest BCUT2D eigenvalue weighted by molar-refractivity contribution is 0.122. The summed E-state index contributed by atoms with van der Waals surface area (Å²) < 4.78 is 12.6.